The Hall–Kier alpha value is -1.59. The van der Waals surface area contributed by atoms with Gasteiger partial charge in [0.2, 0.25) is 0 Å². The molecule has 0 unspecified atom stereocenters. The van der Waals surface area contributed by atoms with Crippen molar-refractivity contribution in [3.63, 3.8) is 0 Å². The number of rotatable bonds is 6. The minimum atomic E-state index is -0.196. The van der Waals surface area contributed by atoms with E-state index >= 15 is 0 Å². The Balaban J connectivity index is 1.72. The molecule has 0 radical (unpaired) electrons. The Kier molecular flexibility index (Phi) is 5.38. The third-order valence-electron chi connectivity index (χ3n) is 2.71. The third kappa shape index (κ3) is 4.51. The van der Waals surface area contributed by atoms with Gasteiger partial charge in [-0.1, -0.05) is 23.2 Å². The predicted octanol–water partition coefficient (Wildman–Crippen LogP) is 2.80. The van der Waals surface area contributed by atoms with Gasteiger partial charge in [-0.05, 0) is 25.0 Å². The Morgan fingerprint density at radius 2 is 2.00 bits per heavy atom. The van der Waals surface area contributed by atoms with Gasteiger partial charge in [0.1, 0.15) is 10.3 Å². The normalized spacial score (nSPS) is 10.5. The van der Waals surface area contributed by atoms with Crippen LogP contribution in [0.5, 0.6) is 0 Å². The Labute approximate surface area is 126 Å². The molecule has 0 saturated carbocycles. The number of carbonyl (C=O) groups is 1. The van der Waals surface area contributed by atoms with Crippen molar-refractivity contribution in [3.05, 3.63) is 46.7 Å². The highest BCUT2D eigenvalue weighted by Gasteiger charge is 2.07. The van der Waals surface area contributed by atoms with Crippen LogP contribution in [0, 0.1) is 0 Å². The molecule has 2 rings (SSSR count). The number of hydrogen-bond donors (Lipinski definition) is 1. The van der Waals surface area contributed by atoms with Gasteiger partial charge in [-0.25, -0.2) is 9.97 Å². The van der Waals surface area contributed by atoms with Gasteiger partial charge in [0, 0.05) is 31.0 Å². The van der Waals surface area contributed by atoms with Crippen molar-refractivity contribution >= 4 is 29.1 Å². The standard InChI is InChI=1S/C13H14Cl2N4O/c14-11-7-10(8-12(15)18-11)13(20)17-3-1-2-5-19-6-4-16-9-19/h4,6-9H,1-3,5H2,(H,17,20). The first-order valence-electron chi connectivity index (χ1n) is 6.22. The number of unbranched alkanes of at least 4 members (excludes halogenated alkanes) is 1. The number of nitrogens with one attached hydrogen (secondary N) is 1. The smallest absolute Gasteiger partial charge is 0.251 e. The molecule has 0 spiro atoms. The van der Waals surface area contributed by atoms with E-state index in [-0.39, 0.29) is 16.2 Å². The fraction of sp³-hybridized carbons (Fsp3) is 0.308. The van der Waals surface area contributed by atoms with Crippen LogP contribution < -0.4 is 5.32 Å². The minimum Gasteiger partial charge on any atom is -0.352 e. The van der Waals surface area contributed by atoms with Gasteiger partial charge in [-0.2, -0.15) is 0 Å². The Morgan fingerprint density at radius 1 is 1.25 bits per heavy atom. The highest BCUT2D eigenvalue weighted by Crippen LogP contribution is 2.14. The first-order valence-corrected chi connectivity index (χ1v) is 6.98. The molecular formula is C13H14Cl2N4O. The van der Waals surface area contributed by atoms with Gasteiger partial charge >= 0.3 is 0 Å². The number of hydrogen-bond acceptors (Lipinski definition) is 3. The molecule has 2 aromatic rings. The monoisotopic (exact) mass is 312 g/mol. The van der Waals surface area contributed by atoms with E-state index < -0.39 is 0 Å². The van der Waals surface area contributed by atoms with Crippen LogP contribution in [0.2, 0.25) is 10.3 Å². The average Bonchev–Trinajstić information content (AvgIpc) is 2.90. The van der Waals surface area contributed by atoms with E-state index in [1.807, 2.05) is 10.8 Å². The molecule has 0 aliphatic heterocycles. The van der Waals surface area contributed by atoms with Crippen LogP contribution in [0.3, 0.4) is 0 Å². The summed E-state index contributed by atoms with van der Waals surface area (Å²) < 4.78 is 2.00. The lowest BCUT2D eigenvalue weighted by molar-refractivity contribution is 0.0952. The van der Waals surface area contributed by atoms with E-state index in [1.165, 1.54) is 12.1 Å². The van der Waals surface area contributed by atoms with Gasteiger partial charge in [-0.15, -0.1) is 0 Å². The Bertz CT molecular complexity index is 552. The molecule has 1 amide bonds. The van der Waals surface area contributed by atoms with E-state index in [4.69, 9.17) is 23.2 Å². The molecule has 0 bridgehead atoms. The molecule has 7 heteroatoms. The lowest BCUT2D eigenvalue weighted by atomic mass is 10.2. The predicted molar refractivity (Wildman–Crippen MR) is 78.1 cm³/mol. The van der Waals surface area contributed by atoms with Crippen LogP contribution in [-0.4, -0.2) is 27.0 Å². The molecule has 1 N–H and O–H groups in total. The summed E-state index contributed by atoms with van der Waals surface area (Å²) in [5.74, 6) is -0.196. The summed E-state index contributed by atoms with van der Waals surface area (Å²) in [4.78, 5) is 19.6. The number of aromatic nitrogens is 3. The van der Waals surface area contributed by atoms with Crippen molar-refractivity contribution in [2.45, 2.75) is 19.4 Å². The zero-order valence-corrected chi connectivity index (χ0v) is 12.2. The number of halogens is 2. The maximum absolute atomic E-state index is 11.9. The fourth-order valence-corrected chi connectivity index (χ4v) is 2.20. The summed E-state index contributed by atoms with van der Waals surface area (Å²) >= 11 is 11.5. The molecule has 0 aliphatic rings. The first-order chi connectivity index (χ1) is 9.65. The van der Waals surface area contributed by atoms with Crippen LogP contribution in [0.4, 0.5) is 0 Å². The number of pyridine rings is 1. The van der Waals surface area contributed by atoms with E-state index in [9.17, 15) is 4.79 Å². The molecule has 2 heterocycles. The largest absolute Gasteiger partial charge is 0.352 e. The molecule has 0 aliphatic carbocycles. The van der Waals surface area contributed by atoms with Crippen LogP contribution in [0.1, 0.15) is 23.2 Å². The summed E-state index contributed by atoms with van der Waals surface area (Å²) in [6.45, 7) is 1.49. The van der Waals surface area contributed by atoms with E-state index in [0.717, 1.165) is 19.4 Å². The number of imidazole rings is 1. The molecule has 0 aromatic carbocycles. The molecule has 5 nitrogen and oxygen atoms in total. The van der Waals surface area contributed by atoms with E-state index in [1.54, 1.807) is 12.5 Å². The first kappa shape index (κ1) is 14.8. The average molecular weight is 313 g/mol. The van der Waals surface area contributed by atoms with Gasteiger partial charge in [0.05, 0.1) is 6.33 Å². The van der Waals surface area contributed by atoms with Crippen molar-refractivity contribution in [3.8, 4) is 0 Å². The number of amides is 1. The van der Waals surface area contributed by atoms with Crippen molar-refractivity contribution < 1.29 is 4.79 Å². The number of aryl methyl sites for hydroxylation is 1. The highest BCUT2D eigenvalue weighted by atomic mass is 35.5. The second-order valence-corrected chi connectivity index (χ2v) is 5.04. The summed E-state index contributed by atoms with van der Waals surface area (Å²) in [7, 11) is 0. The van der Waals surface area contributed by atoms with Gasteiger partial charge in [0.25, 0.3) is 5.91 Å². The van der Waals surface area contributed by atoms with E-state index in [0.29, 0.717) is 12.1 Å². The quantitative estimate of drug-likeness (QED) is 0.659. The molecule has 0 fully saturated rings. The molecule has 0 saturated heterocycles. The summed E-state index contributed by atoms with van der Waals surface area (Å²) in [5, 5.41) is 3.25. The molecule has 0 atom stereocenters. The Morgan fingerprint density at radius 3 is 2.65 bits per heavy atom. The van der Waals surface area contributed by atoms with Crippen molar-refractivity contribution in [2.75, 3.05) is 6.54 Å². The summed E-state index contributed by atoms with van der Waals surface area (Å²) in [5.41, 5.74) is 0.421. The third-order valence-corrected chi connectivity index (χ3v) is 3.10. The fourth-order valence-electron chi connectivity index (χ4n) is 1.74. The molecule has 2 aromatic heterocycles. The molecule has 20 heavy (non-hydrogen) atoms. The van der Waals surface area contributed by atoms with Crippen LogP contribution >= 0.6 is 23.2 Å². The lowest BCUT2D eigenvalue weighted by Gasteiger charge is -2.06. The maximum Gasteiger partial charge on any atom is 0.251 e. The highest BCUT2D eigenvalue weighted by molar-refractivity contribution is 6.33. The minimum absolute atomic E-state index is 0.196. The van der Waals surface area contributed by atoms with E-state index in [2.05, 4.69) is 15.3 Å². The van der Waals surface area contributed by atoms with Gasteiger partial charge < -0.3 is 9.88 Å². The zero-order chi connectivity index (χ0) is 14.4. The van der Waals surface area contributed by atoms with Gasteiger partial charge in [0.15, 0.2) is 0 Å². The van der Waals surface area contributed by atoms with Crippen molar-refractivity contribution in [1.82, 2.24) is 19.9 Å². The van der Waals surface area contributed by atoms with Crippen molar-refractivity contribution in [2.24, 2.45) is 0 Å². The molecule has 106 valence electrons. The number of carbonyl (C=O) groups excluding carboxylic acids is 1. The summed E-state index contributed by atoms with van der Waals surface area (Å²) in [6, 6.07) is 2.99. The second-order valence-electron chi connectivity index (χ2n) is 4.26. The topological polar surface area (TPSA) is 59.8 Å². The second kappa shape index (κ2) is 7.26. The molecular weight excluding hydrogens is 299 g/mol. The maximum atomic E-state index is 11.9. The zero-order valence-electron chi connectivity index (χ0n) is 10.7. The van der Waals surface area contributed by atoms with Crippen LogP contribution in [-0.2, 0) is 6.54 Å². The summed E-state index contributed by atoms with van der Waals surface area (Å²) in [6.07, 6.45) is 7.29. The SMILES string of the molecule is O=C(NCCCCn1ccnc1)c1cc(Cl)nc(Cl)c1. The van der Waals surface area contributed by atoms with Crippen molar-refractivity contribution in [1.29, 1.82) is 0 Å². The lowest BCUT2D eigenvalue weighted by Crippen LogP contribution is -2.24. The van der Waals surface area contributed by atoms with Gasteiger partial charge in [-0.3, -0.25) is 4.79 Å². The van der Waals surface area contributed by atoms with Crippen LogP contribution in [0.25, 0.3) is 0 Å². The van der Waals surface area contributed by atoms with Crippen LogP contribution in [0.15, 0.2) is 30.9 Å². The number of nitrogens with zero attached hydrogens (tertiary/aromatic N) is 3.